The molecule has 2 aromatic carbocycles. The number of hydrazone groups is 1. The van der Waals surface area contributed by atoms with Crippen molar-refractivity contribution in [1.82, 2.24) is 10.7 Å². The van der Waals surface area contributed by atoms with E-state index in [1.54, 1.807) is 24.4 Å². The Kier molecular flexibility index (Phi) is 8.53. The van der Waals surface area contributed by atoms with Crippen LogP contribution in [0, 0.1) is 11.3 Å². The SMILES string of the molecule is CCNC(=S)NN=Cc1cc(Cl)c(OCc2ccccc2C#N)c(OCC)c1. The molecule has 0 aliphatic heterocycles. The third kappa shape index (κ3) is 6.12. The highest BCUT2D eigenvalue weighted by molar-refractivity contribution is 7.80. The molecule has 8 heteroatoms. The van der Waals surface area contributed by atoms with Gasteiger partial charge in [0.1, 0.15) is 6.61 Å². The number of rotatable bonds is 8. The van der Waals surface area contributed by atoms with Crippen LogP contribution in [0.25, 0.3) is 0 Å². The van der Waals surface area contributed by atoms with Crippen molar-refractivity contribution in [2.24, 2.45) is 5.10 Å². The monoisotopic (exact) mass is 416 g/mol. The molecule has 0 amide bonds. The summed E-state index contributed by atoms with van der Waals surface area (Å²) in [5.74, 6) is 0.921. The van der Waals surface area contributed by atoms with Gasteiger partial charge in [-0.1, -0.05) is 29.8 Å². The van der Waals surface area contributed by atoms with Gasteiger partial charge in [-0.05, 0) is 49.8 Å². The zero-order chi connectivity index (χ0) is 20.4. The Bertz CT molecular complexity index is 896. The summed E-state index contributed by atoms with van der Waals surface area (Å²) in [6.45, 7) is 5.18. The molecule has 2 N–H and O–H groups in total. The van der Waals surface area contributed by atoms with Crippen LogP contribution in [0.3, 0.4) is 0 Å². The Morgan fingerprint density at radius 3 is 2.79 bits per heavy atom. The van der Waals surface area contributed by atoms with Crippen molar-refractivity contribution in [2.45, 2.75) is 20.5 Å². The van der Waals surface area contributed by atoms with Gasteiger partial charge in [-0.15, -0.1) is 0 Å². The fourth-order valence-corrected chi connectivity index (χ4v) is 2.81. The normalized spacial score (nSPS) is 10.4. The molecule has 0 radical (unpaired) electrons. The fourth-order valence-electron chi connectivity index (χ4n) is 2.34. The van der Waals surface area contributed by atoms with E-state index in [1.165, 1.54) is 0 Å². The standard InChI is InChI=1S/C20H21ClN4O2S/c1-3-23-20(28)25-24-12-14-9-17(21)19(18(10-14)26-4-2)27-13-16-8-6-5-7-15(16)11-22/h5-10,12H,3-4,13H2,1-2H3,(H2,23,25,28). The maximum atomic E-state index is 9.21. The lowest BCUT2D eigenvalue weighted by Crippen LogP contribution is -2.31. The largest absolute Gasteiger partial charge is 0.490 e. The predicted molar refractivity (Wildman–Crippen MR) is 115 cm³/mol. The van der Waals surface area contributed by atoms with Crippen LogP contribution in [0.4, 0.5) is 0 Å². The van der Waals surface area contributed by atoms with Gasteiger partial charge in [-0.3, -0.25) is 5.43 Å². The van der Waals surface area contributed by atoms with Gasteiger partial charge in [0.15, 0.2) is 16.6 Å². The van der Waals surface area contributed by atoms with E-state index in [0.29, 0.717) is 40.3 Å². The summed E-state index contributed by atoms with van der Waals surface area (Å²) in [6, 6.07) is 12.9. The van der Waals surface area contributed by atoms with E-state index in [4.69, 9.17) is 33.3 Å². The highest BCUT2D eigenvalue weighted by Crippen LogP contribution is 2.37. The van der Waals surface area contributed by atoms with Crippen LogP contribution in [0.5, 0.6) is 11.5 Å². The average Bonchev–Trinajstić information content (AvgIpc) is 2.68. The van der Waals surface area contributed by atoms with Crippen molar-refractivity contribution in [1.29, 1.82) is 5.26 Å². The lowest BCUT2D eigenvalue weighted by molar-refractivity contribution is 0.269. The van der Waals surface area contributed by atoms with Crippen LogP contribution >= 0.6 is 23.8 Å². The Balaban J connectivity index is 2.19. The summed E-state index contributed by atoms with van der Waals surface area (Å²) in [5.41, 5.74) is 4.78. The smallest absolute Gasteiger partial charge is 0.186 e. The van der Waals surface area contributed by atoms with E-state index in [-0.39, 0.29) is 6.61 Å². The van der Waals surface area contributed by atoms with Crippen LogP contribution in [-0.4, -0.2) is 24.5 Å². The number of benzene rings is 2. The van der Waals surface area contributed by atoms with Gasteiger partial charge in [0.25, 0.3) is 0 Å². The highest BCUT2D eigenvalue weighted by atomic mass is 35.5. The second-order valence-electron chi connectivity index (χ2n) is 5.55. The molecule has 28 heavy (non-hydrogen) atoms. The van der Waals surface area contributed by atoms with Crippen LogP contribution in [0.1, 0.15) is 30.5 Å². The zero-order valence-corrected chi connectivity index (χ0v) is 17.2. The molecule has 2 aromatic rings. The molecule has 0 aromatic heterocycles. The molecule has 0 saturated carbocycles. The van der Waals surface area contributed by atoms with Crippen molar-refractivity contribution >= 4 is 35.1 Å². The van der Waals surface area contributed by atoms with E-state index in [0.717, 1.165) is 11.1 Å². The molecule has 2 rings (SSSR count). The van der Waals surface area contributed by atoms with Crippen molar-refractivity contribution in [3.8, 4) is 17.6 Å². The topological polar surface area (TPSA) is 78.7 Å². The number of ether oxygens (including phenoxy) is 2. The third-order valence-corrected chi connectivity index (χ3v) is 4.07. The number of hydrogen-bond donors (Lipinski definition) is 2. The molecular formula is C20H21ClN4O2S. The van der Waals surface area contributed by atoms with Gasteiger partial charge >= 0.3 is 0 Å². The molecule has 146 valence electrons. The maximum absolute atomic E-state index is 9.21. The van der Waals surface area contributed by atoms with Crippen LogP contribution in [0.15, 0.2) is 41.5 Å². The Hall–Kier alpha value is -2.82. The average molecular weight is 417 g/mol. The van der Waals surface area contributed by atoms with E-state index < -0.39 is 0 Å². The molecule has 0 bridgehead atoms. The van der Waals surface area contributed by atoms with Crippen LogP contribution in [0.2, 0.25) is 5.02 Å². The zero-order valence-electron chi connectivity index (χ0n) is 15.7. The fraction of sp³-hybridized carbons (Fsp3) is 0.250. The van der Waals surface area contributed by atoms with Crippen LogP contribution in [-0.2, 0) is 6.61 Å². The Morgan fingerprint density at radius 1 is 1.29 bits per heavy atom. The first-order valence-corrected chi connectivity index (χ1v) is 9.51. The minimum absolute atomic E-state index is 0.204. The minimum Gasteiger partial charge on any atom is -0.490 e. The number of nitriles is 1. The number of nitrogens with zero attached hydrogens (tertiary/aromatic N) is 2. The molecule has 0 spiro atoms. The minimum atomic E-state index is 0.204. The lowest BCUT2D eigenvalue weighted by atomic mass is 10.1. The number of hydrogen-bond acceptors (Lipinski definition) is 5. The van der Waals surface area contributed by atoms with E-state index in [2.05, 4.69) is 21.9 Å². The van der Waals surface area contributed by atoms with E-state index in [1.807, 2.05) is 32.0 Å². The maximum Gasteiger partial charge on any atom is 0.186 e. The highest BCUT2D eigenvalue weighted by Gasteiger charge is 2.13. The number of nitrogens with one attached hydrogen (secondary N) is 2. The van der Waals surface area contributed by atoms with Gasteiger partial charge < -0.3 is 14.8 Å². The lowest BCUT2D eigenvalue weighted by Gasteiger charge is -2.15. The molecule has 0 unspecified atom stereocenters. The summed E-state index contributed by atoms with van der Waals surface area (Å²) in [5, 5.41) is 17.0. The van der Waals surface area contributed by atoms with Crippen LogP contribution < -0.4 is 20.2 Å². The van der Waals surface area contributed by atoms with Gasteiger partial charge in [-0.25, -0.2) is 0 Å². The molecular weight excluding hydrogens is 396 g/mol. The first-order chi connectivity index (χ1) is 13.6. The Labute approximate surface area is 175 Å². The van der Waals surface area contributed by atoms with Crippen molar-refractivity contribution in [3.05, 3.63) is 58.1 Å². The second kappa shape index (κ2) is 11.1. The quantitative estimate of drug-likeness (QED) is 0.384. The molecule has 0 fully saturated rings. The summed E-state index contributed by atoms with van der Waals surface area (Å²) < 4.78 is 11.6. The number of thiocarbonyl (C=S) groups is 1. The summed E-state index contributed by atoms with van der Waals surface area (Å²) in [4.78, 5) is 0. The van der Waals surface area contributed by atoms with Crippen molar-refractivity contribution in [2.75, 3.05) is 13.2 Å². The first-order valence-electron chi connectivity index (χ1n) is 8.73. The van der Waals surface area contributed by atoms with Gasteiger partial charge in [0, 0.05) is 12.1 Å². The van der Waals surface area contributed by atoms with E-state index >= 15 is 0 Å². The molecule has 6 nitrogen and oxygen atoms in total. The number of halogens is 1. The molecule has 0 heterocycles. The summed E-state index contributed by atoms with van der Waals surface area (Å²) >= 11 is 11.5. The second-order valence-corrected chi connectivity index (χ2v) is 6.37. The molecule has 0 atom stereocenters. The third-order valence-electron chi connectivity index (χ3n) is 3.56. The van der Waals surface area contributed by atoms with E-state index in [9.17, 15) is 5.26 Å². The summed E-state index contributed by atoms with van der Waals surface area (Å²) in [6.07, 6.45) is 1.59. The van der Waals surface area contributed by atoms with Gasteiger partial charge in [0.2, 0.25) is 0 Å². The van der Waals surface area contributed by atoms with Crippen molar-refractivity contribution < 1.29 is 9.47 Å². The molecule has 0 aliphatic rings. The van der Waals surface area contributed by atoms with Crippen molar-refractivity contribution in [3.63, 3.8) is 0 Å². The first kappa shape index (κ1) is 21.5. The van der Waals surface area contributed by atoms with Gasteiger partial charge in [0.05, 0.1) is 29.5 Å². The molecule has 0 saturated heterocycles. The summed E-state index contributed by atoms with van der Waals surface area (Å²) in [7, 11) is 0. The predicted octanol–water partition coefficient (Wildman–Crippen LogP) is 4.01. The van der Waals surface area contributed by atoms with Gasteiger partial charge in [-0.2, -0.15) is 10.4 Å². The Morgan fingerprint density at radius 2 is 2.07 bits per heavy atom. The molecule has 0 aliphatic carbocycles.